The van der Waals surface area contributed by atoms with Gasteiger partial charge in [0.15, 0.2) is 0 Å². The molecule has 5 heteroatoms. The zero-order valence-corrected chi connectivity index (χ0v) is 30.0. The van der Waals surface area contributed by atoms with Crippen molar-refractivity contribution in [1.29, 1.82) is 0 Å². The molecule has 10 aromatic rings. The van der Waals surface area contributed by atoms with Gasteiger partial charge in [0.05, 0.1) is 33.3 Å². The van der Waals surface area contributed by atoms with Gasteiger partial charge in [0.2, 0.25) is 5.95 Å². The number of hydrogen-bond acceptors (Lipinski definition) is 3. The molecule has 53 heavy (non-hydrogen) atoms. The number of hydrogen-bond donors (Lipinski definition) is 0. The van der Waals surface area contributed by atoms with E-state index in [4.69, 9.17) is 9.97 Å². The second-order valence-electron chi connectivity index (χ2n) is 13.8. The number of para-hydroxylation sites is 2. The fraction of sp³-hybridized carbons (Fsp3) is 0.0417. The molecule has 0 saturated heterocycles. The molecule has 0 radical (unpaired) electrons. The molecule has 4 nitrogen and oxygen atoms in total. The highest BCUT2D eigenvalue weighted by Crippen LogP contribution is 2.47. The molecule has 4 heterocycles. The van der Waals surface area contributed by atoms with Gasteiger partial charge in [0.1, 0.15) is 0 Å². The summed E-state index contributed by atoms with van der Waals surface area (Å²) in [6, 6.07) is 52.8. The number of aryl methyl sites for hydroxylation is 1. The Morgan fingerprint density at radius 3 is 1.94 bits per heavy atom. The van der Waals surface area contributed by atoms with Crippen molar-refractivity contribution in [3.8, 4) is 34.0 Å². The largest absolute Gasteiger partial charge is 0.309 e. The van der Waals surface area contributed by atoms with Crippen molar-refractivity contribution in [3.63, 3.8) is 0 Å². The Kier molecular flexibility index (Phi) is 6.58. The first-order chi connectivity index (χ1) is 26.1. The van der Waals surface area contributed by atoms with Crippen LogP contribution in [0, 0.1) is 6.92 Å². The smallest absolute Gasteiger partial charge is 0.235 e. The highest BCUT2D eigenvalue weighted by Gasteiger charge is 2.24. The lowest BCUT2D eigenvalue weighted by Crippen LogP contribution is -2.05. The Morgan fingerprint density at radius 1 is 0.547 bits per heavy atom. The number of nitrogens with zero attached hydrogens (tertiary/aromatic N) is 4. The molecule has 0 atom stereocenters. The van der Waals surface area contributed by atoms with Gasteiger partial charge in [-0.05, 0) is 90.7 Å². The summed E-state index contributed by atoms with van der Waals surface area (Å²) in [4.78, 5) is 13.1. The maximum absolute atomic E-state index is 5.39. The lowest BCUT2D eigenvalue weighted by molar-refractivity contribution is 1.01. The normalized spacial score (nSPS) is 12.6. The first kappa shape index (κ1) is 30.2. The van der Waals surface area contributed by atoms with Crippen molar-refractivity contribution in [1.82, 2.24) is 19.1 Å². The number of fused-ring (bicyclic) bond motifs is 8. The zero-order valence-electron chi connectivity index (χ0n) is 29.2. The van der Waals surface area contributed by atoms with E-state index in [1.165, 1.54) is 53.5 Å². The standard InChI is InChI=1S/C48H32N4S/c1-3-11-30-26-33(23-20-29(30)2)51-40-16-7-4-12-34(40)36-24-21-31(27-42(36)51)32-22-25-37-35-13-5-8-17-41(35)52(43(37)28-32)48-49-39-15-10-19-45-46(39)47(50-48)38-14-6-9-18-44(38)53-45/h3-28H,1-2H3/b11-3-. The van der Waals surface area contributed by atoms with Gasteiger partial charge in [0.25, 0.3) is 0 Å². The molecule has 0 bridgehead atoms. The fourth-order valence-corrected chi connectivity index (χ4v) is 9.42. The minimum absolute atomic E-state index is 0.682. The van der Waals surface area contributed by atoms with Crippen LogP contribution in [0.1, 0.15) is 18.1 Å². The molecule has 0 aliphatic carbocycles. The summed E-state index contributed by atoms with van der Waals surface area (Å²) in [6.07, 6.45) is 4.30. The van der Waals surface area contributed by atoms with E-state index in [0.717, 1.165) is 50.0 Å². The first-order valence-corrected chi connectivity index (χ1v) is 18.9. The predicted molar refractivity (Wildman–Crippen MR) is 223 cm³/mol. The molecule has 0 fully saturated rings. The maximum atomic E-state index is 5.39. The Bertz CT molecular complexity index is 3180. The van der Waals surface area contributed by atoms with Crippen LogP contribution in [-0.4, -0.2) is 19.1 Å². The van der Waals surface area contributed by atoms with Crippen molar-refractivity contribution < 1.29 is 0 Å². The van der Waals surface area contributed by atoms with E-state index >= 15 is 0 Å². The van der Waals surface area contributed by atoms with Crippen LogP contribution in [0.25, 0.3) is 94.6 Å². The molecule has 0 spiro atoms. The van der Waals surface area contributed by atoms with Crippen LogP contribution in [0.15, 0.2) is 161 Å². The summed E-state index contributed by atoms with van der Waals surface area (Å²) < 4.78 is 4.67. The van der Waals surface area contributed by atoms with E-state index in [-0.39, 0.29) is 0 Å². The van der Waals surface area contributed by atoms with Crippen LogP contribution < -0.4 is 0 Å². The van der Waals surface area contributed by atoms with Crippen LogP contribution in [0.3, 0.4) is 0 Å². The van der Waals surface area contributed by atoms with Crippen LogP contribution in [-0.2, 0) is 0 Å². The van der Waals surface area contributed by atoms with E-state index in [2.05, 4.69) is 181 Å². The number of aromatic nitrogens is 4. The molecule has 1 aliphatic rings. The second-order valence-corrected chi connectivity index (χ2v) is 14.9. The molecule has 0 unspecified atom stereocenters. The predicted octanol–water partition coefficient (Wildman–Crippen LogP) is 13.0. The molecular formula is C48H32N4S. The SMILES string of the molecule is C/C=C\c1cc(-n2c3ccccc3c3ccc(-c4ccc5c6ccccc6n(-c6nc7c8c(cccc8n6)Sc6ccccc6-7)c5c4)cc32)ccc1C. The topological polar surface area (TPSA) is 35.6 Å². The van der Waals surface area contributed by atoms with E-state index in [9.17, 15) is 0 Å². The lowest BCUT2D eigenvalue weighted by atomic mass is 10.0. The Labute approximate surface area is 310 Å². The van der Waals surface area contributed by atoms with Gasteiger partial charge in [-0.1, -0.05) is 115 Å². The number of rotatable bonds is 4. The van der Waals surface area contributed by atoms with Gasteiger partial charge in [-0.2, -0.15) is 0 Å². The van der Waals surface area contributed by atoms with Crippen molar-refractivity contribution in [3.05, 3.63) is 163 Å². The van der Waals surface area contributed by atoms with Gasteiger partial charge in [0, 0.05) is 48.0 Å². The molecule has 11 rings (SSSR count). The molecule has 3 aromatic heterocycles. The molecule has 0 N–H and O–H groups in total. The minimum atomic E-state index is 0.682. The van der Waals surface area contributed by atoms with Crippen molar-refractivity contribution in [2.45, 2.75) is 23.6 Å². The first-order valence-electron chi connectivity index (χ1n) is 18.0. The average Bonchev–Trinajstić information content (AvgIpc) is 3.71. The summed E-state index contributed by atoms with van der Waals surface area (Å²) in [7, 11) is 0. The van der Waals surface area contributed by atoms with Crippen LogP contribution in [0.4, 0.5) is 0 Å². The summed E-state index contributed by atoms with van der Waals surface area (Å²) in [5.41, 5.74) is 13.6. The third-order valence-corrected chi connectivity index (χ3v) is 11.9. The number of allylic oxidation sites excluding steroid dienone is 1. The Hall–Kier alpha value is -6.43. The highest BCUT2D eigenvalue weighted by molar-refractivity contribution is 7.99. The van der Waals surface area contributed by atoms with Crippen molar-refractivity contribution >= 4 is 72.4 Å². The second kappa shape index (κ2) is 11.5. The molecular weight excluding hydrogens is 665 g/mol. The molecule has 0 saturated carbocycles. The van der Waals surface area contributed by atoms with Gasteiger partial charge >= 0.3 is 0 Å². The Morgan fingerprint density at radius 2 is 1.19 bits per heavy atom. The molecule has 1 aliphatic heterocycles. The summed E-state index contributed by atoms with van der Waals surface area (Å²) in [5, 5.41) is 5.97. The van der Waals surface area contributed by atoms with Crippen LogP contribution in [0.2, 0.25) is 0 Å². The summed E-state index contributed by atoms with van der Waals surface area (Å²) >= 11 is 1.80. The van der Waals surface area contributed by atoms with Gasteiger partial charge in [-0.3, -0.25) is 4.57 Å². The molecule has 7 aromatic carbocycles. The fourth-order valence-electron chi connectivity index (χ4n) is 8.31. The van der Waals surface area contributed by atoms with E-state index in [1.54, 1.807) is 11.8 Å². The zero-order chi connectivity index (χ0) is 35.2. The molecule has 250 valence electrons. The van der Waals surface area contributed by atoms with E-state index in [0.29, 0.717) is 5.95 Å². The summed E-state index contributed by atoms with van der Waals surface area (Å²) in [6.45, 7) is 4.25. The average molecular weight is 697 g/mol. The van der Waals surface area contributed by atoms with Gasteiger partial charge in [-0.25, -0.2) is 9.97 Å². The minimum Gasteiger partial charge on any atom is -0.309 e. The maximum Gasteiger partial charge on any atom is 0.235 e. The number of benzene rings is 7. The third kappa shape index (κ3) is 4.51. The monoisotopic (exact) mass is 696 g/mol. The quantitative estimate of drug-likeness (QED) is 0.184. The third-order valence-electron chi connectivity index (χ3n) is 10.8. The van der Waals surface area contributed by atoms with Crippen LogP contribution >= 0.6 is 11.8 Å². The van der Waals surface area contributed by atoms with Gasteiger partial charge in [-0.15, -0.1) is 0 Å². The van der Waals surface area contributed by atoms with Gasteiger partial charge < -0.3 is 4.57 Å². The van der Waals surface area contributed by atoms with Crippen LogP contribution in [0.5, 0.6) is 0 Å². The lowest BCUT2D eigenvalue weighted by Gasteiger charge is -2.20. The van der Waals surface area contributed by atoms with E-state index in [1.807, 2.05) is 0 Å². The van der Waals surface area contributed by atoms with Crippen molar-refractivity contribution in [2.75, 3.05) is 0 Å². The highest BCUT2D eigenvalue weighted by atomic mass is 32.2. The Balaban J connectivity index is 1.15. The summed E-state index contributed by atoms with van der Waals surface area (Å²) in [5.74, 6) is 0.682. The van der Waals surface area contributed by atoms with Crippen molar-refractivity contribution in [2.24, 2.45) is 0 Å². The van der Waals surface area contributed by atoms with E-state index < -0.39 is 0 Å². The molecule has 0 amide bonds.